The SMILES string of the molecule is CCCCc1ccc(-c2ccc(-c3sc(CC)nc3C)cc2)o1. The summed E-state index contributed by atoms with van der Waals surface area (Å²) < 4.78 is 5.95. The second-order valence-corrected chi connectivity index (χ2v) is 6.91. The van der Waals surface area contributed by atoms with Gasteiger partial charge >= 0.3 is 0 Å². The molecule has 0 bridgehead atoms. The minimum absolute atomic E-state index is 0.956. The molecule has 0 radical (unpaired) electrons. The first kappa shape index (κ1) is 16.0. The number of rotatable bonds is 6. The summed E-state index contributed by atoms with van der Waals surface area (Å²) in [6.45, 7) is 6.44. The molecule has 0 aliphatic heterocycles. The second kappa shape index (κ2) is 7.14. The Balaban J connectivity index is 1.81. The summed E-state index contributed by atoms with van der Waals surface area (Å²) in [7, 11) is 0. The van der Waals surface area contributed by atoms with Crippen LogP contribution in [0.15, 0.2) is 40.8 Å². The van der Waals surface area contributed by atoms with Gasteiger partial charge in [-0.2, -0.15) is 0 Å². The molecule has 0 saturated carbocycles. The predicted molar refractivity (Wildman–Crippen MR) is 98.0 cm³/mol. The molecule has 0 N–H and O–H groups in total. The molecule has 3 rings (SSSR count). The number of furan rings is 1. The lowest BCUT2D eigenvalue weighted by atomic mass is 10.1. The number of hydrogen-bond donors (Lipinski definition) is 0. The van der Waals surface area contributed by atoms with E-state index in [9.17, 15) is 0 Å². The molecule has 1 aromatic carbocycles. The van der Waals surface area contributed by atoms with Crippen LogP contribution in [0.25, 0.3) is 21.8 Å². The van der Waals surface area contributed by atoms with Gasteiger partial charge < -0.3 is 4.42 Å². The van der Waals surface area contributed by atoms with E-state index in [0.717, 1.165) is 35.6 Å². The molecule has 120 valence electrons. The summed E-state index contributed by atoms with van der Waals surface area (Å²) in [5, 5.41) is 1.20. The number of benzene rings is 1. The number of thiazole rings is 1. The molecule has 0 spiro atoms. The van der Waals surface area contributed by atoms with E-state index >= 15 is 0 Å². The first-order valence-electron chi connectivity index (χ1n) is 8.37. The Kier molecular flexibility index (Phi) is 4.97. The molecule has 0 unspecified atom stereocenters. The van der Waals surface area contributed by atoms with Crippen molar-refractivity contribution in [2.45, 2.75) is 46.5 Å². The maximum atomic E-state index is 5.95. The molecule has 2 heterocycles. The largest absolute Gasteiger partial charge is 0.461 e. The molecule has 2 nitrogen and oxygen atoms in total. The fourth-order valence-corrected chi connectivity index (χ4v) is 3.69. The van der Waals surface area contributed by atoms with Crippen molar-refractivity contribution >= 4 is 11.3 Å². The molecule has 2 aromatic heterocycles. The monoisotopic (exact) mass is 325 g/mol. The van der Waals surface area contributed by atoms with Crippen molar-refractivity contribution in [2.75, 3.05) is 0 Å². The summed E-state index contributed by atoms with van der Waals surface area (Å²) in [5.41, 5.74) is 3.50. The van der Waals surface area contributed by atoms with E-state index < -0.39 is 0 Å². The topological polar surface area (TPSA) is 26.0 Å². The van der Waals surface area contributed by atoms with Gasteiger partial charge in [0.2, 0.25) is 0 Å². The Morgan fingerprint density at radius 3 is 2.39 bits per heavy atom. The molecule has 23 heavy (non-hydrogen) atoms. The van der Waals surface area contributed by atoms with Crippen molar-refractivity contribution in [3.8, 4) is 21.8 Å². The summed E-state index contributed by atoms with van der Waals surface area (Å²) >= 11 is 1.79. The number of unbranched alkanes of at least 4 members (excludes halogenated alkanes) is 1. The van der Waals surface area contributed by atoms with Crippen molar-refractivity contribution in [3.63, 3.8) is 0 Å². The molecule has 0 amide bonds. The molecule has 0 aliphatic rings. The Morgan fingerprint density at radius 1 is 1.00 bits per heavy atom. The highest BCUT2D eigenvalue weighted by atomic mass is 32.1. The average molecular weight is 325 g/mol. The normalized spacial score (nSPS) is 11.1. The van der Waals surface area contributed by atoms with Gasteiger partial charge in [-0.15, -0.1) is 11.3 Å². The number of hydrogen-bond acceptors (Lipinski definition) is 3. The van der Waals surface area contributed by atoms with Gasteiger partial charge in [-0.25, -0.2) is 4.98 Å². The summed E-state index contributed by atoms with van der Waals surface area (Å²) in [6, 6.07) is 12.8. The van der Waals surface area contributed by atoms with Crippen molar-refractivity contribution < 1.29 is 4.42 Å². The van der Waals surface area contributed by atoms with Crippen molar-refractivity contribution in [1.82, 2.24) is 4.98 Å². The summed E-state index contributed by atoms with van der Waals surface area (Å²) in [4.78, 5) is 5.89. The van der Waals surface area contributed by atoms with Gasteiger partial charge in [0.1, 0.15) is 11.5 Å². The Bertz CT molecular complexity index is 767. The van der Waals surface area contributed by atoms with Crippen LogP contribution in [0, 0.1) is 6.92 Å². The lowest BCUT2D eigenvalue weighted by Crippen LogP contribution is -1.81. The molecule has 0 fully saturated rings. The van der Waals surface area contributed by atoms with Crippen LogP contribution in [0.4, 0.5) is 0 Å². The minimum Gasteiger partial charge on any atom is -0.461 e. The predicted octanol–water partition coefficient (Wildman–Crippen LogP) is 6.28. The number of aromatic nitrogens is 1. The highest BCUT2D eigenvalue weighted by Crippen LogP contribution is 2.32. The smallest absolute Gasteiger partial charge is 0.134 e. The molecular weight excluding hydrogens is 302 g/mol. The zero-order chi connectivity index (χ0) is 16.2. The second-order valence-electron chi connectivity index (χ2n) is 5.82. The third kappa shape index (κ3) is 3.56. The molecule has 3 aromatic rings. The lowest BCUT2D eigenvalue weighted by molar-refractivity contribution is 0.512. The van der Waals surface area contributed by atoms with Gasteiger partial charge in [-0.05, 0) is 37.5 Å². The zero-order valence-corrected chi connectivity index (χ0v) is 14.9. The number of nitrogens with zero attached hydrogens (tertiary/aromatic N) is 1. The average Bonchev–Trinajstić information content (AvgIpc) is 3.19. The van der Waals surface area contributed by atoms with Crippen molar-refractivity contribution in [1.29, 1.82) is 0 Å². The Hall–Kier alpha value is -1.87. The maximum absolute atomic E-state index is 5.95. The van der Waals surface area contributed by atoms with E-state index in [1.54, 1.807) is 11.3 Å². The fourth-order valence-electron chi connectivity index (χ4n) is 2.68. The van der Waals surface area contributed by atoms with Gasteiger partial charge in [-0.1, -0.05) is 44.5 Å². The van der Waals surface area contributed by atoms with Crippen LogP contribution < -0.4 is 0 Å². The zero-order valence-electron chi connectivity index (χ0n) is 14.1. The molecule has 3 heteroatoms. The summed E-state index contributed by atoms with van der Waals surface area (Å²) in [5.74, 6) is 2.04. The lowest BCUT2D eigenvalue weighted by Gasteiger charge is -2.02. The van der Waals surface area contributed by atoms with Crippen LogP contribution >= 0.6 is 11.3 Å². The van der Waals surface area contributed by atoms with Crippen molar-refractivity contribution in [2.24, 2.45) is 0 Å². The van der Waals surface area contributed by atoms with Crippen LogP contribution in [-0.2, 0) is 12.8 Å². The first-order valence-corrected chi connectivity index (χ1v) is 9.18. The number of aryl methyl sites for hydroxylation is 3. The van der Waals surface area contributed by atoms with Gasteiger partial charge in [0.15, 0.2) is 0 Å². The summed E-state index contributed by atoms with van der Waals surface area (Å²) in [6.07, 6.45) is 4.39. The molecule has 0 aliphatic carbocycles. The maximum Gasteiger partial charge on any atom is 0.134 e. The van der Waals surface area contributed by atoms with E-state index in [-0.39, 0.29) is 0 Å². The Labute approximate surface area is 142 Å². The van der Waals surface area contributed by atoms with E-state index in [1.165, 1.54) is 28.3 Å². The van der Waals surface area contributed by atoms with Gasteiger partial charge in [0.25, 0.3) is 0 Å². The quantitative estimate of drug-likeness (QED) is 0.533. The molecule has 0 saturated heterocycles. The highest BCUT2D eigenvalue weighted by Gasteiger charge is 2.10. The fraction of sp³-hybridized carbons (Fsp3) is 0.350. The molecule has 0 atom stereocenters. The van der Waals surface area contributed by atoms with Crippen LogP contribution in [0.1, 0.15) is 43.2 Å². The van der Waals surface area contributed by atoms with E-state index in [0.29, 0.717) is 0 Å². The van der Waals surface area contributed by atoms with Crippen molar-refractivity contribution in [3.05, 3.63) is 52.9 Å². The third-order valence-corrected chi connectivity index (χ3v) is 5.36. The van der Waals surface area contributed by atoms with Gasteiger partial charge in [0, 0.05) is 12.0 Å². The van der Waals surface area contributed by atoms with E-state index in [2.05, 4.69) is 62.2 Å². The Morgan fingerprint density at radius 2 is 1.74 bits per heavy atom. The first-order chi connectivity index (χ1) is 11.2. The van der Waals surface area contributed by atoms with Crippen LogP contribution in [0.5, 0.6) is 0 Å². The van der Waals surface area contributed by atoms with Gasteiger partial charge in [0.05, 0.1) is 15.6 Å². The molecular formula is C20H23NOS. The van der Waals surface area contributed by atoms with Crippen LogP contribution in [0.3, 0.4) is 0 Å². The van der Waals surface area contributed by atoms with Gasteiger partial charge in [-0.3, -0.25) is 0 Å². The third-order valence-electron chi connectivity index (χ3n) is 4.01. The minimum atomic E-state index is 0.956. The standard InChI is InChI=1S/C20H23NOS/c1-4-6-7-17-12-13-18(22-17)15-8-10-16(11-9-15)20-14(3)21-19(5-2)23-20/h8-13H,4-7H2,1-3H3. The van der Waals surface area contributed by atoms with E-state index in [1.807, 2.05) is 0 Å². The van der Waals surface area contributed by atoms with E-state index in [4.69, 9.17) is 4.42 Å². The van der Waals surface area contributed by atoms with Crippen LogP contribution in [0.2, 0.25) is 0 Å². The highest BCUT2D eigenvalue weighted by molar-refractivity contribution is 7.15. The van der Waals surface area contributed by atoms with Crippen LogP contribution in [-0.4, -0.2) is 4.98 Å².